The average Bonchev–Trinajstić information content (AvgIpc) is 2.80. The summed E-state index contributed by atoms with van der Waals surface area (Å²) >= 11 is 0. The Morgan fingerprint density at radius 2 is 1.83 bits per heavy atom. The average molecular weight is 408 g/mol. The molecule has 1 atom stereocenters. The summed E-state index contributed by atoms with van der Waals surface area (Å²) in [6, 6.07) is 14.7. The summed E-state index contributed by atoms with van der Waals surface area (Å²) in [5, 5.41) is 11.7. The van der Waals surface area contributed by atoms with Crippen LogP contribution >= 0.6 is 0 Å². The molecule has 0 bridgehead atoms. The van der Waals surface area contributed by atoms with Crippen molar-refractivity contribution in [1.82, 2.24) is 20.4 Å². The Labute approximate surface area is 179 Å². The van der Waals surface area contributed by atoms with Crippen molar-refractivity contribution in [2.24, 2.45) is 11.8 Å². The molecule has 2 aliphatic heterocycles. The monoisotopic (exact) mass is 407 g/mol. The third kappa shape index (κ3) is 5.57. The Morgan fingerprint density at radius 1 is 1.03 bits per heavy atom. The molecule has 3 heterocycles. The topological polar surface area (TPSA) is 61.4 Å². The number of amides is 1. The van der Waals surface area contributed by atoms with Crippen LogP contribution in [0.2, 0.25) is 0 Å². The minimum Gasteiger partial charge on any atom is -0.356 e. The predicted molar refractivity (Wildman–Crippen MR) is 119 cm³/mol. The molecule has 2 aromatic rings. The first kappa shape index (κ1) is 20.8. The fraction of sp³-hybridized carbons (Fsp3) is 0.542. The lowest BCUT2D eigenvalue weighted by molar-refractivity contribution is -0.125. The number of rotatable bonds is 6. The smallest absolute Gasteiger partial charge is 0.224 e. The van der Waals surface area contributed by atoms with E-state index in [1.54, 1.807) is 0 Å². The molecule has 0 saturated carbocycles. The number of nitrogens with zero attached hydrogens (tertiary/aromatic N) is 4. The zero-order valence-electron chi connectivity index (χ0n) is 18.0. The third-order valence-electron chi connectivity index (χ3n) is 6.42. The lowest BCUT2D eigenvalue weighted by Gasteiger charge is -2.34. The Kier molecular flexibility index (Phi) is 6.95. The minimum absolute atomic E-state index is 0.0417. The van der Waals surface area contributed by atoms with E-state index in [1.807, 2.05) is 19.1 Å². The van der Waals surface area contributed by atoms with Gasteiger partial charge >= 0.3 is 0 Å². The molecular weight excluding hydrogens is 374 g/mol. The summed E-state index contributed by atoms with van der Waals surface area (Å²) in [5.41, 5.74) is 2.30. The molecule has 2 saturated heterocycles. The number of hydrogen-bond donors (Lipinski definition) is 1. The van der Waals surface area contributed by atoms with Crippen molar-refractivity contribution in [3.8, 4) is 0 Å². The molecule has 6 nitrogen and oxygen atoms in total. The van der Waals surface area contributed by atoms with Crippen molar-refractivity contribution in [3.05, 3.63) is 53.7 Å². The second-order valence-corrected chi connectivity index (χ2v) is 8.77. The standard InChI is InChI=1S/C24H33N5O/c1-19-9-10-23(27-26-19)29-13-5-8-22(18-29)24(30)25-16-20-11-14-28(15-12-20)17-21-6-3-2-4-7-21/h2-4,6-7,9-10,20,22H,5,8,11-18H2,1H3,(H,25,30). The quantitative estimate of drug-likeness (QED) is 0.798. The lowest BCUT2D eigenvalue weighted by atomic mass is 9.94. The Balaban J connectivity index is 1.20. The molecule has 0 aliphatic carbocycles. The van der Waals surface area contributed by atoms with E-state index in [1.165, 1.54) is 5.56 Å². The van der Waals surface area contributed by atoms with Gasteiger partial charge in [0.05, 0.1) is 11.6 Å². The van der Waals surface area contributed by atoms with Gasteiger partial charge in [-0.2, -0.15) is 5.10 Å². The van der Waals surface area contributed by atoms with Crippen LogP contribution in [0.15, 0.2) is 42.5 Å². The molecule has 1 aromatic heterocycles. The second kappa shape index (κ2) is 10.0. The number of carbonyl (C=O) groups is 1. The van der Waals surface area contributed by atoms with Crippen molar-refractivity contribution in [1.29, 1.82) is 0 Å². The highest BCUT2D eigenvalue weighted by molar-refractivity contribution is 5.79. The van der Waals surface area contributed by atoms with Crippen LogP contribution in [0.25, 0.3) is 0 Å². The van der Waals surface area contributed by atoms with Crippen molar-refractivity contribution in [3.63, 3.8) is 0 Å². The fourth-order valence-corrected chi connectivity index (χ4v) is 4.54. The first-order chi connectivity index (χ1) is 14.7. The van der Waals surface area contributed by atoms with Crippen LogP contribution in [0.5, 0.6) is 0 Å². The van der Waals surface area contributed by atoms with E-state index in [-0.39, 0.29) is 11.8 Å². The molecule has 1 amide bonds. The number of anilines is 1. The SMILES string of the molecule is Cc1ccc(N2CCCC(C(=O)NCC3CCN(Cc4ccccc4)CC3)C2)nn1. The number of carbonyl (C=O) groups excluding carboxylic acids is 1. The highest BCUT2D eigenvalue weighted by atomic mass is 16.1. The number of likely N-dealkylation sites (tertiary alicyclic amines) is 1. The predicted octanol–water partition coefficient (Wildman–Crippen LogP) is 3.03. The van der Waals surface area contributed by atoms with Gasteiger partial charge in [-0.25, -0.2) is 0 Å². The molecule has 6 heteroatoms. The highest BCUT2D eigenvalue weighted by Gasteiger charge is 2.27. The zero-order valence-corrected chi connectivity index (χ0v) is 18.0. The van der Waals surface area contributed by atoms with Gasteiger partial charge in [0.2, 0.25) is 5.91 Å². The van der Waals surface area contributed by atoms with Gasteiger partial charge in [-0.15, -0.1) is 5.10 Å². The largest absolute Gasteiger partial charge is 0.356 e. The summed E-state index contributed by atoms with van der Waals surface area (Å²) in [6.45, 7) is 7.67. The first-order valence-electron chi connectivity index (χ1n) is 11.3. The molecule has 2 fully saturated rings. The van der Waals surface area contributed by atoms with Crippen LogP contribution in [-0.2, 0) is 11.3 Å². The van der Waals surface area contributed by atoms with Crippen molar-refractivity contribution in [2.75, 3.05) is 37.6 Å². The van der Waals surface area contributed by atoms with E-state index in [2.05, 4.69) is 55.6 Å². The van der Waals surface area contributed by atoms with E-state index >= 15 is 0 Å². The van der Waals surface area contributed by atoms with Gasteiger partial charge in [-0.3, -0.25) is 9.69 Å². The fourth-order valence-electron chi connectivity index (χ4n) is 4.54. The number of nitrogens with one attached hydrogen (secondary N) is 1. The summed E-state index contributed by atoms with van der Waals surface area (Å²) in [6.07, 6.45) is 4.29. The van der Waals surface area contributed by atoms with Crippen molar-refractivity contribution in [2.45, 2.75) is 39.2 Å². The van der Waals surface area contributed by atoms with Gasteiger partial charge in [0.15, 0.2) is 5.82 Å². The Bertz CT molecular complexity index is 802. The Hall–Kier alpha value is -2.47. The molecule has 1 N–H and O–H groups in total. The van der Waals surface area contributed by atoms with Crippen LogP contribution < -0.4 is 10.2 Å². The maximum atomic E-state index is 12.8. The van der Waals surface area contributed by atoms with E-state index in [0.29, 0.717) is 5.92 Å². The van der Waals surface area contributed by atoms with Crippen LogP contribution in [0.3, 0.4) is 0 Å². The Morgan fingerprint density at radius 3 is 2.57 bits per heavy atom. The molecule has 0 spiro atoms. The molecule has 30 heavy (non-hydrogen) atoms. The van der Waals surface area contributed by atoms with Crippen molar-refractivity contribution < 1.29 is 4.79 Å². The number of hydrogen-bond acceptors (Lipinski definition) is 5. The van der Waals surface area contributed by atoms with Gasteiger partial charge in [0.1, 0.15) is 0 Å². The van der Waals surface area contributed by atoms with Crippen LogP contribution in [0, 0.1) is 18.8 Å². The van der Waals surface area contributed by atoms with E-state index < -0.39 is 0 Å². The first-order valence-corrected chi connectivity index (χ1v) is 11.3. The van der Waals surface area contributed by atoms with Crippen molar-refractivity contribution >= 4 is 11.7 Å². The van der Waals surface area contributed by atoms with Crippen LogP contribution in [0.1, 0.15) is 36.9 Å². The second-order valence-electron chi connectivity index (χ2n) is 8.77. The number of aromatic nitrogens is 2. The van der Waals surface area contributed by atoms with Crippen LogP contribution in [0.4, 0.5) is 5.82 Å². The summed E-state index contributed by atoms with van der Waals surface area (Å²) in [7, 11) is 0. The molecule has 2 aliphatic rings. The van der Waals surface area contributed by atoms with Gasteiger partial charge < -0.3 is 10.2 Å². The summed E-state index contributed by atoms with van der Waals surface area (Å²) in [4.78, 5) is 17.5. The number of benzene rings is 1. The molecule has 1 aromatic carbocycles. The van der Waals surface area contributed by atoms with Gasteiger partial charge in [0.25, 0.3) is 0 Å². The number of piperidine rings is 2. The van der Waals surface area contributed by atoms with Gasteiger partial charge in [0, 0.05) is 26.2 Å². The third-order valence-corrected chi connectivity index (χ3v) is 6.42. The van der Waals surface area contributed by atoms with Gasteiger partial charge in [-0.1, -0.05) is 30.3 Å². The highest BCUT2D eigenvalue weighted by Crippen LogP contribution is 2.22. The molecular formula is C24H33N5O. The van der Waals surface area contributed by atoms with Crippen LogP contribution in [-0.4, -0.2) is 53.7 Å². The molecule has 160 valence electrons. The van der Waals surface area contributed by atoms with E-state index in [0.717, 1.165) is 76.5 Å². The molecule has 1 unspecified atom stereocenters. The van der Waals surface area contributed by atoms with Gasteiger partial charge in [-0.05, 0) is 69.3 Å². The minimum atomic E-state index is 0.0417. The maximum Gasteiger partial charge on any atom is 0.224 e. The molecule has 4 rings (SSSR count). The summed E-state index contributed by atoms with van der Waals surface area (Å²) < 4.78 is 0. The summed E-state index contributed by atoms with van der Waals surface area (Å²) in [5.74, 6) is 1.71. The zero-order chi connectivity index (χ0) is 20.8. The molecule has 0 radical (unpaired) electrons. The number of aryl methyl sites for hydroxylation is 1. The lowest BCUT2D eigenvalue weighted by Crippen LogP contribution is -2.45. The van der Waals surface area contributed by atoms with E-state index in [9.17, 15) is 4.79 Å². The van der Waals surface area contributed by atoms with E-state index in [4.69, 9.17) is 0 Å². The normalized spacial score (nSPS) is 20.8. The maximum absolute atomic E-state index is 12.8.